The highest BCUT2D eigenvalue weighted by Gasteiger charge is 2.30. The number of fused-ring (bicyclic) bond motifs is 1. The number of hydrogen-bond acceptors (Lipinski definition) is 2. The lowest BCUT2D eigenvalue weighted by Gasteiger charge is -2.25. The van der Waals surface area contributed by atoms with Crippen molar-refractivity contribution in [2.45, 2.75) is 77.7 Å². The number of carbonyl (C=O) groups excluding carboxylic acids is 1. The van der Waals surface area contributed by atoms with Crippen LogP contribution in [0, 0.1) is 5.82 Å². The van der Waals surface area contributed by atoms with Crippen molar-refractivity contribution in [3.63, 3.8) is 0 Å². The molecule has 3 heteroatoms. The fourth-order valence-corrected chi connectivity index (χ4v) is 3.96. The second-order valence-electron chi connectivity index (χ2n) is 7.87. The zero-order chi connectivity index (χ0) is 19.9. The molecule has 3 rings (SSSR count). The maximum atomic E-state index is 15.0. The van der Waals surface area contributed by atoms with Crippen LogP contribution in [0.3, 0.4) is 0 Å². The zero-order valence-electron chi connectivity index (χ0n) is 17.1. The molecule has 0 saturated heterocycles. The topological polar surface area (TPSA) is 26.3 Å². The Hall–Kier alpha value is -2.16. The third kappa shape index (κ3) is 5.01. The van der Waals surface area contributed by atoms with Gasteiger partial charge >= 0.3 is 5.97 Å². The molecule has 2 aromatic carbocycles. The molecule has 0 saturated carbocycles. The first kappa shape index (κ1) is 20.6. The number of cyclic esters (lactones) is 1. The number of esters is 1. The molecular weight excluding hydrogens is 351 g/mol. The van der Waals surface area contributed by atoms with Crippen LogP contribution < -0.4 is 0 Å². The van der Waals surface area contributed by atoms with Gasteiger partial charge in [-0.3, -0.25) is 0 Å². The Bertz CT molecular complexity index is 795. The first-order valence-electron chi connectivity index (χ1n) is 10.7. The highest BCUT2D eigenvalue weighted by Crippen LogP contribution is 2.28. The maximum absolute atomic E-state index is 15.0. The molecule has 0 aliphatic carbocycles. The SMILES string of the molecule is CCCCCC1Cc2ccc(CCc3ccc(CCC)cc3)c(F)c2C(=O)O1. The number of rotatable bonds is 9. The number of halogens is 1. The summed E-state index contributed by atoms with van der Waals surface area (Å²) in [7, 11) is 0. The third-order valence-electron chi connectivity index (χ3n) is 5.61. The zero-order valence-corrected chi connectivity index (χ0v) is 17.1. The quantitative estimate of drug-likeness (QED) is 0.380. The van der Waals surface area contributed by atoms with Crippen LogP contribution in [0.2, 0.25) is 0 Å². The Morgan fingerprint density at radius 1 is 0.929 bits per heavy atom. The van der Waals surface area contributed by atoms with Gasteiger partial charge in [0, 0.05) is 6.42 Å². The van der Waals surface area contributed by atoms with Crippen LogP contribution in [-0.4, -0.2) is 12.1 Å². The van der Waals surface area contributed by atoms with Crippen molar-refractivity contribution in [2.75, 3.05) is 0 Å². The van der Waals surface area contributed by atoms with Gasteiger partial charge in [0.25, 0.3) is 0 Å². The highest BCUT2D eigenvalue weighted by molar-refractivity contribution is 5.92. The van der Waals surface area contributed by atoms with Crippen LogP contribution in [0.25, 0.3) is 0 Å². The first-order valence-corrected chi connectivity index (χ1v) is 10.7. The monoisotopic (exact) mass is 382 g/mol. The molecule has 0 radical (unpaired) electrons. The van der Waals surface area contributed by atoms with E-state index < -0.39 is 11.8 Å². The summed E-state index contributed by atoms with van der Waals surface area (Å²) in [6, 6.07) is 12.3. The van der Waals surface area contributed by atoms with Gasteiger partial charge in [-0.25, -0.2) is 9.18 Å². The molecule has 1 aliphatic rings. The molecule has 0 aromatic heterocycles. The number of hydrogen-bond donors (Lipinski definition) is 0. The van der Waals surface area contributed by atoms with Gasteiger partial charge in [-0.1, -0.05) is 69.5 Å². The summed E-state index contributed by atoms with van der Waals surface area (Å²) >= 11 is 0. The van der Waals surface area contributed by atoms with Gasteiger partial charge in [0.15, 0.2) is 0 Å². The Morgan fingerprint density at radius 3 is 2.32 bits per heavy atom. The lowest BCUT2D eigenvalue weighted by atomic mass is 9.92. The lowest BCUT2D eigenvalue weighted by Crippen LogP contribution is -2.29. The molecule has 0 N–H and O–H groups in total. The average Bonchev–Trinajstić information content (AvgIpc) is 2.69. The van der Waals surface area contributed by atoms with Crippen LogP contribution in [0.5, 0.6) is 0 Å². The minimum absolute atomic E-state index is 0.113. The normalized spacial score (nSPS) is 16.0. The summed E-state index contributed by atoms with van der Waals surface area (Å²) in [4.78, 5) is 12.4. The molecule has 0 amide bonds. The molecule has 1 heterocycles. The van der Waals surface area contributed by atoms with Crippen LogP contribution in [0.4, 0.5) is 4.39 Å². The van der Waals surface area contributed by atoms with E-state index in [4.69, 9.17) is 4.74 Å². The summed E-state index contributed by atoms with van der Waals surface area (Å²) in [5.41, 5.74) is 4.07. The number of carbonyl (C=O) groups is 1. The van der Waals surface area contributed by atoms with Crippen molar-refractivity contribution in [3.8, 4) is 0 Å². The van der Waals surface area contributed by atoms with Crippen LogP contribution >= 0.6 is 0 Å². The van der Waals surface area contributed by atoms with E-state index in [9.17, 15) is 4.79 Å². The molecule has 1 atom stereocenters. The van der Waals surface area contributed by atoms with E-state index in [-0.39, 0.29) is 11.7 Å². The van der Waals surface area contributed by atoms with E-state index in [0.717, 1.165) is 50.5 Å². The van der Waals surface area contributed by atoms with E-state index in [1.54, 1.807) is 0 Å². The summed E-state index contributed by atoms with van der Waals surface area (Å²) in [6.45, 7) is 4.32. The third-order valence-corrected chi connectivity index (χ3v) is 5.61. The number of benzene rings is 2. The van der Waals surface area contributed by atoms with Crippen molar-refractivity contribution in [2.24, 2.45) is 0 Å². The van der Waals surface area contributed by atoms with E-state index >= 15 is 4.39 Å². The number of aryl methyl sites for hydroxylation is 3. The van der Waals surface area contributed by atoms with Crippen LogP contribution in [0.1, 0.15) is 78.6 Å². The van der Waals surface area contributed by atoms with Gasteiger partial charge in [0.1, 0.15) is 11.9 Å². The molecule has 1 unspecified atom stereocenters. The molecule has 0 spiro atoms. The van der Waals surface area contributed by atoms with Crippen molar-refractivity contribution >= 4 is 5.97 Å². The van der Waals surface area contributed by atoms with Gasteiger partial charge in [0.2, 0.25) is 0 Å². The standard InChI is InChI=1S/C25H31FO2/c1-3-5-6-8-22-17-21-16-15-20(24(26)23(21)25(27)28-22)14-13-19-11-9-18(7-4-2)10-12-19/h9-12,15-16,22H,3-8,13-14,17H2,1-2H3. The summed E-state index contributed by atoms with van der Waals surface area (Å²) in [5.74, 6) is -0.886. The first-order chi connectivity index (χ1) is 13.6. The molecule has 0 bridgehead atoms. The van der Waals surface area contributed by atoms with Gasteiger partial charge < -0.3 is 4.74 Å². The Morgan fingerprint density at radius 2 is 1.64 bits per heavy atom. The van der Waals surface area contributed by atoms with E-state index in [2.05, 4.69) is 38.1 Å². The van der Waals surface area contributed by atoms with Crippen LogP contribution in [0.15, 0.2) is 36.4 Å². The van der Waals surface area contributed by atoms with Crippen molar-refractivity contribution in [1.29, 1.82) is 0 Å². The van der Waals surface area contributed by atoms with Crippen molar-refractivity contribution < 1.29 is 13.9 Å². The largest absolute Gasteiger partial charge is 0.458 e. The van der Waals surface area contributed by atoms with Crippen molar-refractivity contribution in [3.05, 3.63) is 70.0 Å². The molecule has 0 fully saturated rings. The van der Waals surface area contributed by atoms with E-state index in [1.165, 1.54) is 11.1 Å². The van der Waals surface area contributed by atoms with E-state index in [1.807, 2.05) is 12.1 Å². The Labute approximate surface area is 168 Å². The fourth-order valence-electron chi connectivity index (χ4n) is 3.96. The Balaban J connectivity index is 1.66. The fraction of sp³-hybridized carbons (Fsp3) is 0.480. The average molecular weight is 383 g/mol. The molecule has 2 nitrogen and oxygen atoms in total. The molecule has 2 aromatic rings. The summed E-state index contributed by atoms with van der Waals surface area (Å²) in [6.07, 6.45) is 8.24. The molecule has 1 aliphatic heterocycles. The lowest BCUT2D eigenvalue weighted by molar-refractivity contribution is 0.0224. The molecular formula is C25H31FO2. The molecule has 150 valence electrons. The van der Waals surface area contributed by atoms with Crippen LogP contribution in [-0.2, 0) is 30.4 Å². The van der Waals surface area contributed by atoms with Crippen molar-refractivity contribution in [1.82, 2.24) is 0 Å². The smallest absolute Gasteiger partial charge is 0.341 e. The molecule has 28 heavy (non-hydrogen) atoms. The minimum Gasteiger partial charge on any atom is -0.458 e. The van der Waals surface area contributed by atoms with Gasteiger partial charge in [-0.05, 0) is 54.4 Å². The van der Waals surface area contributed by atoms with E-state index in [0.29, 0.717) is 18.4 Å². The maximum Gasteiger partial charge on any atom is 0.341 e. The summed E-state index contributed by atoms with van der Waals surface area (Å²) in [5, 5.41) is 0. The van der Waals surface area contributed by atoms with Gasteiger partial charge in [0.05, 0.1) is 5.56 Å². The second-order valence-corrected chi connectivity index (χ2v) is 7.87. The number of unbranched alkanes of at least 4 members (excludes halogenated alkanes) is 2. The second kappa shape index (κ2) is 9.86. The predicted octanol–water partition coefficient (Wildman–Crippen LogP) is 6.23. The number of ether oxygens (including phenoxy) is 1. The van der Waals surface area contributed by atoms with Gasteiger partial charge in [-0.2, -0.15) is 0 Å². The Kier molecular flexibility index (Phi) is 7.24. The highest BCUT2D eigenvalue weighted by atomic mass is 19.1. The van der Waals surface area contributed by atoms with Gasteiger partial charge in [-0.15, -0.1) is 0 Å². The minimum atomic E-state index is -0.494. The summed E-state index contributed by atoms with van der Waals surface area (Å²) < 4.78 is 20.5. The predicted molar refractivity (Wildman–Crippen MR) is 111 cm³/mol.